The van der Waals surface area contributed by atoms with Crippen molar-refractivity contribution < 1.29 is 22.7 Å². The van der Waals surface area contributed by atoms with Gasteiger partial charge in [-0.05, 0) is 11.6 Å². The van der Waals surface area contributed by atoms with E-state index >= 15 is 0 Å². The van der Waals surface area contributed by atoms with Crippen LogP contribution in [0.25, 0.3) is 27.8 Å². The van der Waals surface area contributed by atoms with E-state index in [1.54, 1.807) is 28.6 Å². The molecule has 5 rings (SSSR count). The summed E-state index contributed by atoms with van der Waals surface area (Å²) in [5.74, 6) is -0.601. The van der Waals surface area contributed by atoms with Crippen LogP contribution in [0, 0.1) is 11.3 Å². The van der Waals surface area contributed by atoms with Gasteiger partial charge in [0.15, 0.2) is 0 Å². The molecule has 0 radical (unpaired) electrons. The summed E-state index contributed by atoms with van der Waals surface area (Å²) in [6.07, 6.45) is 6.11. The molecule has 5 aromatic heterocycles. The molecule has 37 heavy (non-hydrogen) atoms. The third-order valence-corrected chi connectivity index (χ3v) is 5.33. The van der Waals surface area contributed by atoms with Crippen LogP contribution in [0.4, 0.5) is 18.0 Å². The molecular formula is C23H16F3N9O2. The smallest absolute Gasteiger partial charge is 0.388 e. The van der Waals surface area contributed by atoms with Crippen LogP contribution in [-0.4, -0.2) is 46.6 Å². The quantitative estimate of drug-likeness (QED) is 0.386. The van der Waals surface area contributed by atoms with Gasteiger partial charge >= 0.3 is 12.4 Å². The Morgan fingerprint density at radius 3 is 2.54 bits per heavy atom. The van der Waals surface area contributed by atoms with Crippen LogP contribution in [0.15, 0.2) is 61.6 Å². The number of nitriles is 1. The fourth-order valence-corrected chi connectivity index (χ4v) is 3.68. The fourth-order valence-electron chi connectivity index (χ4n) is 3.68. The van der Waals surface area contributed by atoms with Crippen LogP contribution in [-0.2, 0) is 13.6 Å². The van der Waals surface area contributed by atoms with Gasteiger partial charge in [-0.2, -0.15) is 25.2 Å². The SMILES string of the molecule is Cn1cc(-c2cc(-c3cnn(C(=O)NCc4ccc(OC(F)(F)F)nc4)c3)c3c(C#N)cnn3c2)cn1. The highest BCUT2D eigenvalue weighted by molar-refractivity contribution is 5.88. The van der Waals surface area contributed by atoms with Crippen molar-refractivity contribution in [3.8, 4) is 34.2 Å². The van der Waals surface area contributed by atoms with E-state index in [1.807, 2.05) is 12.3 Å². The fraction of sp³-hybridized carbons (Fsp3) is 0.130. The van der Waals surface area contributed by atoms with E-state index in [1.165, 1.54) is 30.9 Å². The number of hydrogen-bond acceptors (Lipinski definition) is 7. The standard InChI is InChI=1S/C23H16F3N9O2/c1-33-11-17(9-30-33)15-4-19(21-16(5-27)8-31-34(21)12-15)18-10-32-35(13-18)22(36)29-7-14-2-3-20(28-6-14)37-23(24,25)26/h2-4,6,8-13H,7H2,1H3,(H,29,36). The molecule has 1 amide bonds. The summed E-state index contributed by atoms with van der Waals surface area (Å²) in [5, 5.41) is 24.8. The van der Waals surface area contributed by atoms with Crippen molar-refractivity contribution in [3.05, 3.63) is 72.7 Å². The van der Waals surface area contributed by atoms with E-state index in [9.17, 15) is 23.2 Å². The number of hydrogen-bond donors (Lipinski definition) is 1. The predicted molar refractivity (Wildman–Crippen MR) is 122 cm³/mol. The number of ether oxygens (including phenoxy) is 1. The molecule has 0 saturated carbocycles. The Morgan fingerprint density at radius 2 is 1.86 bits per heavy atom. The van der Waals surface area contributed by atoms with Crippen molar-refractivity contribution in [2.45, 2.75) is 12.9 Å². The molecule has 0 atom stereocenters. The first-order valence-electron chi connectivity index (χ1n) is 10.6. The summed E-state index contributed by atoms with van der Waals surface area (Å²) in [6, 6.07) is 5.83. The van der Waals surface area contributed by atoms with E-state index in [0.717, 1.165) is 21.9 Å². The summed E-state index contributed by atoms with van der Waals surface area (Å²) in [5.41, 5.74) is 4.21. The molecule has 0 aliphatic heterocycles. The molecule has 11 nitrogen and oxygen atoms in total. The van der Waals surface area contributed by atoms with Gasteiger partial charge in [-0.1, -0.05) is 6.07 Å². The molecule has 0 unspecified atom stereocenters. The number of halogens is 3. The Morgan fingerprint density at radius 1 is 1.05 bits per heavy atom. The van der Waals surface area contributed by atoms with Gasteiger partial charge in [0.25, 0.3) is 0 Å². The highest BCUT2D eigenvalue weighted by Crippen LogP contribution is 2.31. The molecule has 0 aromatic carbocycles. The number of nitrogens with one attached hydrogen (secondary N) is 1. The van der Waals surface area contributed by atoms with Crippen molar-refractivity contribution >= 4 is 11.5 Å². The average molecular weight is 507 g/mol. The highest BCUT2D eigenvalue weighted by atomic mass is 19.4. The molecule has 0 spiro atoms. The first-order chi connectivity index (χ1) is 17.7. The van der Waals surface area contributed by atoms with E-state index in [0.29, 0.717) is 27.8 Å². The third-order valence-electron chi connectivity index (χ3n) is 5.33. The maximum Gasteiger partial charge on any atom is 0.574 e. The van der Waals surface area contributed by atoms with Crippen molar-refractivity contribution in [1.29, 1.82) is 5.26 Å². The lowest BCUT2D eigenvalue weighted by Gasteiger charge is -2.09. The van der Waals surface area contributed by atoms with Gasteiger partial charge in [0.2, 0.25) is 5.88 Å². The largest absolute Gasteiger partial charge is 0.574 e. The van der Waals surface area contributed by atoms with Gasteiger partial charge < -0.3 is 10.1 Å². The van der Waals surface area contributed by atoms with Crippen LogP contribution < -0.4 is 10.1 Å². The molecule has 5 aromatic rings. The summed E-state index contributed by atoms with van der Waals surface area (Å²) < 4.78 is 44.9. The first kappa shape index (κ1) is 23.5. The van der Waals surface area contributed by atoms with Gasteiger partial charge in [0.1, 0.15) is 6.07 Å². The number of aryl methyl sites for hydroxylation is 1. The first-order valence-corrected chi connectivity index (χ1v) is 10.6. The summed E-state index contributed by atoms with van der Waals surface area (Å²) in [7, 11) is 1.80. The second-order valence-electron chi connectivity index (χ2n) is 7.89. The Hall–Kier alpha value is -5.19. The Bertz CT molecular complexity index is 1640. The van der Waals surface area contributed by atoms with Crippen molar-refractivity contribution in [3.63, 3.8) is 0 Å². The summed E-state index contributed by atoms with van der Waals surface area (Å²) in [4.78, 5) is 16.2. The zero-order valence-electron chi connectivity index (χ0n) is 19.0. The minimum atomic E-state index is -4.84. The summed E-state index contributed by atoms with van der Waals surface area (Å²) >= 11 is 0. The molecule has 0 aliphatic carbocycles. The van der Waals surface area contributed by atoms with Crippen LogP contribution >= 0.6 is 0 Å². The van der Waals surface area contributed by atoms with Gasteiger partial charge in [0, 0.05) is 66.7 Å². The molecular weight excluding hydrogens is 491 g/mol. The van der Waals surface area contributed by atoms with Crippen LogP contribution in [0.3, 0.4) is 0 Å². The number of pyridine rings is 2. The number of amides is 1. The zero-order chi connectivity index (χ0) is 26.2. The Balaban J connectivity index is 1.38. The maximum atomic E-state index is 12.7. The average Bonchev–Trinajstić information content (AvgIpc) is 3.61. The van der Waals surface area contributed by atoms with Crippen molar-refractivity contribution in [2.75, 3.05) is 0 Å². The minimum absolute atomic E-state index is 0.00470. The molecule has 0 fully saturated rings. The lowest BCUT2D eigenvalue weighted by Crippen LogP contribution is -2.28. The molecule has 186 valence electrons. The number of aromatic nitrogens is 7. The minimum Gasteiger partial charge on any atom is -0.388 e. The lowest BCUT2D eigenvalue weighted by atomic mass is 10.0. The zero-order valence-corrected chi connectivity index (χ0v) is 19.0. The Labute approximate surface area is 206 Å². The monoisotopic (exact) mass is 507 g/mol. The number of fused-ring (bicyclic) bond motifs is 1. The third kappa shape index (κ3) is 4.96. The molecule has 14 heteroatoms. The van der Waals surface area contributed by atoms with Crippen LogP contribution in [0.5, 0.6) is 5.88 Å². The molecule has 0 aliphatic rings. The van der Waals surface area contributed by atoms with E-state index in [4.69, 9.17) is 0 Å². The number of nitrogens with zero attached hydrogens (tertiary/aromatic N) is 8. The lowest BCUT2D eigenvalue weighted by molar-refractivity contribution is -0.276. The normalized spacial score (nSPS) is 11.4. The molecule has 0 bridgehead atoms. The number of carbonyl (C=O) groups excluding carboxylic acids is 1. The maximum absolute atomic E-state index is 12.7. The van der Waals surface area contributed by atoms with Gasteiger partial charge in [-0.25, -0.2) is 14.3 Å². The van der Waals surface area contributed by atoms with Crippen molar-refractivity contribution in [1.82, 2.24) is 39.5 Å². The Kier molecular flexibility index (Phi) is 5.80. The van der Waals surface area contributed by atoms with E-state index in [-0.39, 0.29) is 6.54 Å². The van der Waals surface area contributed by atoms with Crippen molar-refractivity contribution in [2.24, 2.45) is 7.05 Å². The second kappa shape index (κ2) is 9.11. The highest BCUT2D eigenvalue weighted by Gasteiger charge is 2.31. The predicted octanol–water partition coefficient (Wildman–Crippen LogP) is 3.52. The van der Waals surface area contributed by atoms with Gasteiger partial charge in [-0.15, -0.1) is 13.2 Å². The second-order valence-corrected chi connectivity index (χ2v) is 7.89. The van der Waals surface area contributed by atoms with E-state index < -0.39 is 18.3 Å². The van der Waals surface area contributed by atoms with Crippen LogP contribution in [0.2, 0.25) is 0 Å². The van der Waals surface area contributed by atoms with Crippen LogP contribution in [0.1, 0.15) is 11.1 Å². The molecule has 5 heterocycles. The summed E-state index contributed by atoms with van der Waals surface area (Å²) in [6.45, 7) is -0.00470. The van der Waals surface area contributed by atoms with Gasteiger partial charge in [0.05, 0.1) is 29.7 Å². The molecule has 1 N–H and O–H groups in total. The number of rotatable bonds is 5. The van der Waals surface area contributed by atoms with Gasteiger partial charge in [-0.3, -0.25) is 4.68 Å². The number of carbonyl (C=O) groups is 1. The molecule has 0 saturated heterocycles. The number of alkyl halides is 3. The topological polar surface area (TPSA) is 128 Å². The van der Waals surface area contributed by atoms with E-state index in [2.05, 4.69) is 36.4 Å².